The number of rotatable bonds is 7. The number of carbonyl (C=O) groups is 1. The summed E-state index contributed by atoms with van der Waals surface area (Å²) >= 11 is 0. The average molecular weight is 412 g/mol. The second kappa shape index (κ2) is 9.49. The fourth-order valence-corrected chi connectivity index (χ4v) is 4.66. The molecule has 4 rings (SSSR count). The van der Waals surface area contributed by atoms with Gasteiger partial charge in [0, 0.05) is 36.1 Å². The topological polar surface area (TPSA) is 56.4 Å². The number of benzene rings is 2. The van der Waals surface area contributed by atoms with E-state index in [1.807, 2.05) is 18.2 Å². The van der Waals surface area contributed by atoms with E-state index in [2.05, 4.69) is 23.5 Å². The number of nitrogens with one attached hydrogen (secondary N) is 3. The summed E-state index contributed by atoms with van der Waals surface area (Å²) in [6, 6.07) is 12.5. The van der Waals surface area contributed by atoms with Crippen LogP contribution in [-0.2, 0) is 24.3 Å². The standard InChI is InChI=1S/C24H31N3O3/c1-29-22-13-19-9-12-27(16-20(19)14-23(22)30-2)17-24(28)25-21-7-5-18(6-8-21)15-26-10-3-4-11-26/h5-8,13-14H,3-4,9-12,15-17H2,1-2H3,(H,25,28)/p+2. The lowest BCUT2D eigenvalue weighted by Gasteiger charge is -2.26. The lowest BCUT2D eigenvalue weighted by molar-refractivity contribution is -0.907. The molecule has 30 heavy (non-hydrogen) atoms. The summed E-state index contributed by atoms with van der Waals surface area (Å²) in [6.45, 7) is 5.86. The number of hydrogen-bond acceptors (Lipinski definition) is 3. The number of quaternary nitrogens is 2. The largest absolute Gasteiger partial charge is 0.493 e. The normalized spacial score (nSPS) is 18.7. The van der Waals surface area contributed by atoms with E-state index in [0.717, 1.165) is 43.2 Å². The fraction of sp³-hybridized carbons (Fsp3) is 0.458. The highest BCUT2D eigenvalue weighted by Crippen LogP contribution is 2.31. The Morgan fingerprint density at radius 3 is 2.27 bits per heavy atom. The van der Waals surface area contributed by atoms with Crippen molar-refractivity contribution in [1.29, 1.82) is 0 Å². The van der Waals surface area contributed by atoms with Crippen LogP contribution in [0.4, 0.5) is 5.69 Å². The summed E-state index contributed by atoms with van der Waals surface area (Å²) < 4.78 is 10.8. The third kappa shape index (κ3) is 4.94. The van der Waals surface area contributed by atoms with Crippen molar-refractivity contribution in [2.75, 3.05) is 45.7 Å². The summed E-state index contributed by atoms with van der Waals surface area (Å²) in [5, 5.41) is 3.06. The van der Waals surface area contributed by atoms with Crippen molar-refractivity contribution in [3.8, 4) is 11.5 Å². The molecule has 1 unspecified atom stereocenters. The molecule has 2 aliphatic heterocycles. The van der Waals surface area contributed by atoms with Crippen molar-refractivity contribution in [2.45, 2.75) is 32.4 Å². The molecule has 2 heterocycles. The molecular formula is C24H33N3O3+2. The van der Waals surface area contributed by atoms with Crippen molar-refractivity contribution in [1.82, 2.24) is 0 Å². The average Bonchev–Trinajstić information content (AvgIpc) is 3.27. The van der Waals surface area contributed by atoms with E-state index >= 15 is 0 Å². The Hall–Kier alpha value is -2.57. The molecule has 1 saturated heterocycles. The maximum absolute atomic E-state index is 12.6. The van der Waals surface area contributed by atoms with Crippen molar-refractivity contribution < 1.29 is 24.1 Å². The first-order valence-corrected chi connectivity index (χ1v) is 10.9. The zero-order chi connectivity index (χ0) is 20.9. The molecule has 2 aliphatic rings. The van der Waals surface area contributed by atoms with Crippen LogP contribution in [0.2, 0.25) is 0 Å². The van der Waals surface area contributed by atoms with Gasteiger partial charge in [0.2, 0.25) is 0 Å². The minimum absolute atomic E-state index is 0.0619. The number of methoxy groups -OCH3 is 2. The van der Waals surface area contributed by atoms with Gasteiger partial charge >= 0.3 is 0 Å². The zero-order valence-corrected chi connectivity index (χ0v) is 18.1. The van der Waals surface area contributed by atoms with Crippen molar-refractivity contribution in [2.24, 2.45) is 0 Å². The van der Waals surface area contributed by atoms with Crippen LogP contribution >= 0.6 is 0 Å². The highest BCUT2D eigenvalue weighted by molar-refractivity contribution is 5.91. The van der Waals surface area contributed by atoms with E-state index in [-0.39, 0.29) is 5.91 Å². The van der Waals surface area contributed by atoms with Gasteiger partial charge in [-0.1, -0.05) is 12.1 Å². The third-order valence-electron chi connectivity index (χ3n) is 6.31. The van der Waals surface area contributed by atoms with E-state index < -0.39 is 0 Å². The predicted octanol–water partition coefficient (Wildman–Crippen LogP) is 0.462. The zero-order valence-electron chi connectivity index (χ0n) is 18.1. The minimum Gasteiger partial charge on any atom is -0.493 e. The molecule has 0 saturated carbocycles. The van der Waals surface area contributed by atoms with Crippen LogP contribution in [0, 0.1) is 0 Å². The van der Waals surface area contributed by atoms with Gasteiger partial charge in [-0.15, -0.1) is 0 Å². The van der Waals surface area contributed by atoms with Crippen LogP contribution in [0.15, 0.2) is 36.4 Å². The van der Waals surface area contributed by atoms with E-state index in [1.165, 1.54) is 47.5 Å². The van der Waals surface area contributed by atoms with Crippen molar-refractivity contribution >= 4 is 11.6 Å². The Kier molecular flexibility index (Phi) is 6.55. The maximum Gasteiger partial charge on any atom is 0.279 e. The van der Waals surface area contributed by atoms with Crippen LogP contribution in [0.3, 0.4) is 0 Å². The molecule has 3 N–H and O–H groups in total. The van der Waals surface area contributed by atoms with Gasteiger partial charge in [0.05, 0.1) is 33.9 Å². The Labute approximate surface area is 178 Å². The minimum atomic E-state index is 0.0619. The summed E-state index contributed by atoms with van der Waals surface area (Å²) in [4.78, 5) is 15.5. The molecular weight excluding hydrogens is 378 g/mol. The van der Waals surface area contributed by atoms with E-state index in [4.69, 9.17) is 9.47 Å². The SMILES string of the molecule is COc1cc2c(cc1OC)C[NH+](CC(=O)Nc1ccc(C[NH+]3CCCC3)cc1)CC2. The van der Waals surface area contributed by atoms with E-state index in [1.54, 1.807) is 19.1 Å². The Balaban J connectivity index is 1.31. The predicted molar refractivity (Wildman–Crippen MR) is 116 cm³/mol. The van der Waals surface area contributed by atoms with E-state index in [0.29, 0.717) is 6.54 Å². The van der Waals surface area contributed by atoms with Gasteiger partial charge in [-0.3, -0.25) is 4.79 Å². The molecule has 0 aliphatic carbocycles. The highest BCUT2D eigenvalue weighted by atomic mass is 16.5. The van der Waals surface area contributed by atoms with Crippen LogP contribution in [0.1, 0.15) is 29.5 Å². The maximum atomic E-state index is 12.6. The summed E-state index contributed by atoms with van der Waals surface area (Å²) in [5.74, 6) is 1.58. The summed E-state index contributed by atoms with van der Waals surface area (Å²) in [5.41, 5.74) is 4.74. The second-order valence-corrected chi connectivity index (χ2v) is 8.46. The number of fused-ring (bicyclic) bond motifs is 1. The number of anilines is 1. The fourth-order valence-electron chi connectivity index (χ4n) is 4.66. The second-order valence-electron chi connectivity index (χ2n) is 8.46. The molecule has 0 aromatic heterocycles. The molecule has 0 bridgehead atoms. The lowest BCUT2D eigenvalue weighted by Crippen LogP contribution is -3.12. The Morgan fingerprint density at radius 1 is 0.933 bits per heavy atom. The third-order valence-corrected chi connectivity index (χ3v) is 6.31. The quantitative estimate of drug-likeness (QED) is 0.621. The smallest absolute Gasteiger partial charge is 0.279 e. The first kappa shape index (κ1) is 20.7. The number of hydrogen-bond donors (Lipinski definition) is 3. The number of ether oxygens (including phenoxy) is 2. The van der Waals surface area contributed by atoms with Crippen LogP contribution < -0.4 is 24.6 Å². The molecule has 2 aromatic carbocycles. The number of likely N-dealkylation sites (tertiary alicyclic amines) is 1. The molecule has 6 heteroatoms. The first-order valence-electron chi connectivity index (χ1n) is 10.9. The van der Waals surface area contributed by atoms with E-state index in [9.17, 15) is 4.79 Å². The van der Waals surface area contributed by atoms with Gasteiger partial charge in [-0.2, -0.15) is 0 Å². The van der Waals surface area contributed by atoms with Crippen LogP contribution in [0.5, 0.6) is 11.5 Å². The Bertz CT molecular complexity index is 876. The summed E-state index contributed by atoms with van der Waals surface area (Å²) in [7, 11) is 3.32. The molecule has 1 amide bonds. The van der Waals surface area contributed by atoms with Gasteiger partial charge in [-0.25, -0.2) is 0 Å². The van der Waals surface area contributed by atoms with Gasteiger partial charge in [-0.05, 0) is 29.8 Å². The number of amides is 1. The van der Waals surface area contributed by atoms with Crippen LogP contribution in [-0.4, -0.2) is 46.3 Å². The first-order chi connectivity index (χ1) is 14.6. The lowest BCUT2D eigenvalue weighted by atomic mass is 9.99. The van der Waals surface area contributed by atoms with Gasteiger partial charge < -0.3 is 24.6 Å². The number of carbonyl (C=O) groups excluding carboxylic acids is 1. The summed E-state index contributed by atoms with van der Waals surface area (Å²) in [6.07, 6.45) is 3.62. The van der Waals surface area contributed by atoms with Gasteiger partial charge in [0.25, 0.3) is 5.91 Å². The highest BCUT2D eigenvalue weighted by Gasteiger charge is 2.24. The molecule has 1 atom stereocenters. The molecule has 2 aromatic rings. The van der Waals surface area contributed by atoms with Crippen LogP contribution in [0.25, 0.3) is 0 Å². The monoisotopic (exact) mass is 411 g/mol. The van der Waals surface area contributed by atoms with Gasteiger partial charge in [0.1, 0.15) is 13.1 Å². The molecule has 160 valence electrons. The molecule has 6 nitrogen and oxygen atoms in total. The molecule has 0 spiro atoms. The van der Waals surface area contributed by atoms with Crippen molar-refractivity contribution in [3.63, 3.8) is 0 Å². The Morgan fingerprint density at radius 2 is 1.60 bits per heavy atom. The molecule has 1 fully saturated rings. The van der Waals surface area contributed by atoms with Crippen molar-refractivity contribution in [3.05, 3.63) is 53.1 Å². The molecule has 0 radical (unpaired) electrons. The van der Waals surface area contributed by atoms with Gasteiger partial charge in [0.15, 0.2) is 18.0 Å².